The van der Waals surface area contributed by atoms with E-state index in [1.807, 2.05) is 17.5 Å². The molecule has 112 valence electrons. The van der Waals surface area contributed by atoms with Crippen molar-refractivity contribution in [2.24, 2.45) is 5.10 Å². The summed E-state index contributed by atoms with van der Waals surface area (Å²) in [6.07, 6.45) is 3.87. The van der Waals surface area contributed by atoms with E-state index in [1.54, 1.807) is 12.1 Å². The van der Waals surface area contributed by atoms with Crippen LogP contribution in [0.1, 0.15) is 23.1 Å². The fraction of sp³-hybridized carbons (Fsp3) is 0.133. The standard InChI is InChI=1S/C15H12N2O4S/c18-14(5-6-15(19)20)17-11(12-3-1-7-21-12)9-10(16-17)13-4-2-8-22-13/h1-8,11H,9H2,(H,19,20)/b6-5+. The molecule has 3 rings (SSSR count). The van der Waals surface area contributed by atoms with Crippen molar-refractivity contribution in [2.45, 2.75) is 12.5 Å². The van der Waals surface area contributed by atoms with Crippen LogP contribution in [0.15, 0.2) is 57.6 Å². The highest BCUT2D eigenvalue weighted by Crippen LogP contribution is 2.34. The molecule has 0 aliphatic carbocycles. The third-order valence-electron chi connectivity index (χ3n) is 3.18. The first kappa shape index (κ1) is 14.3. The van der Waals surface area contributed by atoms with Crippen LogP contribution in [0.2, 0.25) is 0 Å². The summed E-state index contributed by atoms with van der Waals surface area (Å²) in [5.74, 6) is -1.05. The van der Waals surface area contributed by atoms with Crippen LogP contribution in [0, 0.1) is 0 Å². The van der Waals surface area contributed by atoms with Gasteiger partial charge in [0.25, 0.3) is 5.91 Å². The quantitative estimate of drug-likeness (QED) is 0.879. The van der Waals surface area contributed by atoms with Crippen LogP contribution in [0.5, 0.6) is 0 Å². The molecule has 0 bridgehead atoms. The van der Waals surface area contributed by atoms with Gasteiger partial charge in [0.05, 0.1) is 16.9 Å². The Morgan fingerprint density at radius 3 is 2.86 bits per heavy atom. The topological polar surface area (TPSA) is 83.1 Å². The van der Waals surface area contributed by atoms with E-state index in [4.69, 9.17) is 9.52 Å². The molecule has 0 saturated heterocycles. The van der Waals surface area contributed by atoms with Crippen molar-refractivity contribution in [1.29, 1.82) is 0 Å². The third kappa shape index (κ3) is 2.84. The number of carboxylic acid groups (broad SMARTS) is 1. The number of furan rings is 1. The number of carbonyl (C=O) groups excluding carboxylic acids is 1. The third-order valence-corrected chi connectivity index (χ3v) is 4.10. The van der Waals surface area contributed by atoms with Crippen molar-refractivity contribution < 1.29 is 19.1 Å². The molecule has 1 amide bonds. The number of amides is 1. The van der Waals surface area contributed by atoms with Gasteiger partial charge in [-0.25, -0.2) is 9.80 Å². The molecule has 1 aliphatic rings. The van der Waals surface area contributed by atoms with Crippen LogP contribution in [0.3, 0.4) is 0 Å². The van der Waals surface area contributed by atoms with Crippen LogP contribution in [0.25, 0.3) is 0 Å². The summed E-state index contributed by atoms with van der Waals surface area (Å²) in [5, 5.41) is 16.2. The normalized spacial score (nSPS) is 17.9. The van der Waals surface area contributed by atoms with E-state index in [2.05, 4.69) is 5.10 Å². The number of thiophene rings is 1. The van der Waals surface area contributed by atoms with Crippen LogP contribution < -0.4 is 0 Å². The van der Waals surface area contributed by atoms with E-state index in [9.17, 15) is 9.59 Å². The molecule has 0 fully saturated rings. The smallest absolute Gasteiger partial charge is 0.328 e. The van der Waals surface area contributed by atoms with Crippen LogP contribution >= 0.6 is 11.3 Å². The summed E-state index contributed by atoms with van der Waals surface area (Å²) in [6, 6.07) is 7.01. The maximum absolute atomic E-state index is 12.2. The van der Waals surface area contributed by atoms with Gasteiger partial charge in [-0.2, -0.15) is 5.10 Å². The molecule has 0 saturated carbocycles. The molecule has 1 aliphatic heterocycles. The van der Waals surface area contributed by atoms with Crippen molar-refractivity contribution in [3.8, 4) is 0 Å². The zero-order valence-electron chi connectivity index (χ0n) is 11.4. The first-order valence-corrected chi connectivity index (χ1v) is 7.42. The lowest BCUT2D eigenvalue weighted by molar-refractivity contribution is -0.132. The monoisotopic (exact) mass is 316 g/mol. The van der Waals surface area contributed by atoms with Crippen LogP contribution in [0.4, 0.5) is 0 Å². The Hall–Kier alpha value is -2.67. The van der Waals surface area contributed by atoms with E-state index in [0.717, 1.165) is 22.7 Å². The molecule has 22 heavy (non-hydrogen) atoms. The number of carbonyl (C=O) groups is 2. The van der Waals surface area contributed by atoms with Gasteiger partial charge in [-0.15, -0.1) is 11.3 Å². The number of hydrogen-bond donors (Lipinski definition) is 1. The maximum atomic E-state index is 12.2. The van der Waals surface area contributed by atoms with Gasteiger partial charge < -0.3 is 9.52 Å². The lowest BCUT2D eigenvalue weighted by Gasteiger charge is -2.17. The first-order valence-electron chi connectivity index (χ1n) is 6.54. The Morgan fingerprint density at radius 1 is 1.36 bits per heavy atom. The highest BCUT2D eigenvalue weighted by molar-refractivity contribution is 7.12. The van der Waals surface area contributed by atoms with E-state index >= 15 is 0 Å². The summed E-state index contributed by atoms with van der Waals surface area (Å²) in [5.41, 5.74) is 0.786. The minimum absolute atomic E-state index is 0.363. The van der Waals surface area contributed by atoms with Gasteiger partial charge in [-0.1, -0.05) is 6.07 Å². The molecule has 0 spiro atoms. The average Bonchev–Trinajstić information content (AvgIpc) is 3.23. The average molecular weight is 316 g/mol. The predicted molar refractivity (Wildman–Crippen MR) is 80.5 cm³/mol. The second kappa shape index (κ2) is 5.98. The molecule has 2 aromatic heterocycles. The molecule has 3 heterocycles. The highest BCUT2D eigenvalue weighted by Gasteiger charge is 2.34. The van der Waals surface area contributed by atoms with E-state index in [0.29, 0.717) is 12.2 Å². The lowest BCUT2D eigenvalue weighted by atomic mass is 10.1. The Bertz CT molecular complexity index is 732. The van der Waals surface area contributed by atoms with Crippen molar-refractivity contribution >= 4 is 28.9 Å². The molecular weight excluding hydrogens is 304 g/mol. The Kier molecular flexibility index (Phi) is 3.88. The second-order valence-corrected chi connectivity index (χ2v) is 5.56. The number of nitrogens with zero attached hydrogens (tertiary/aromatic N) is 2. The lowest BCUT2D eigenvalue weighted by Crippen LogP contribution is -2.25. The van der Waals surface area contributed by atoms with Crippen LogP contribution in [-0.4, -0.2) is 27.7 Å². The number of rotatable bonds is 4. The van der Waals surface area contributed by atoms with Crippen molar-refractivity contribution in [1.82, 2.24) is 5.01 Å². The molecular formula is C15H12N2O4S. The summed E-state index contributed by atoms with van der Waals surface area (Å²) < 4.78 is 5.38. The van der Waals surface area contributed by atoms with Crippen molar-refractivity contribution in [2.75, 3.05) is 0 Å². The van der Waals surface area contributed by atoms with Gasteiger partial charge in [-0.05, 0) is 23.6 Å². The van der Waals surface area contributed by atoms with E-state index < -0.39 is 11.9 Å². The molecule has 1 unspecified atom stereocenters. The largest absolute Gasteiger partial charge is 0.478 e. The van der Waals surface area contributed by atoms with Gasteiger partial charge in [0.2, 0.25) is 0 Å². The van der Waals surface area contributed by atoms with Gasteiger partial charge in [-0.3, -0.25) is 4.79 Å². The fourth-order valence-corrected chi connectivity index (χ4v) is 2.95. The second-order valence-electron chi connectivity index (χ2n) is 4.61. The number of hydrazone groups is 1. The Morgan fingerprint density at radius 2 is 2.23 bits per heavy atom. The molecule has 1 N–H and O–H groups in total. The molecule has 2 aromatic rings. The fourth-order valence-electron chi connectivity index (χ4n) is 2.23. The van der Waals surface area contributed by atoms with Crippen LogP contribution in [-0.2, 0) is 9.59 Å². The molecule has 6 nitrogen and oxygen atoms in total. The SMILES string of the molecule is O=C(O)/C=C/C(=O)N1N=C(c2cccs2)CC1c1ccco1. The van der Waals surface area contributed by atoms with Crippen molar-refractivity contribution in [3.05, 3.63) is 58.7 Å². The number of aliphatic carboxylic acids is 1. The molecule has 1 atom stereocenters. The van der Waals surface area contributed by atoms with Gasteiger partial charge in [0, 0.05) is 18.6 Å². The summed E-state index contributed by atoms with van der Waals surface area (Å²) in [6.45, 7) is 0. The first-order chi connectivity index (χ1) is 10.6. The summed E-state index contributed by atoms with van der Waals surface area (Å²) >= 11 is 1.54. The van der Waals surface area contributed by atoms with E-state index in [1.165, 1.54) is 22.6 Å². The Balaban J connectivity index is 1.90. The van der Waals surface area contributed by atoms with Crippen molar-refractivity contribution in [3.63, 3.8) is 0 Å². The van der Waals surface area contributed by atoms with Gasteiger partial charge >= 0.3 is 5.97 Å². The van der Waals surface area contributed by atoms with Gasteiger partial charge in [0.1, 0.15) is 11.8 Å². The molecule has 0 radical (unpaired) electrons. The summed E-state index contributed by atoms with van der Waals surface area (Å²) in [4.78, 5) is 23.8. The molecule has 0 aromatic carbocycles. The number of carboxylic acids is 1. The number of hydrogen-bond acceptors (Lipinski definition) is 5. The van der Waals surface area contributed by atoms with E-state index in [-0.39, 0.29) is 6.04 Å². The minimum Gasteiger partial charge on any atom is -0.478 e. The zero-order valence-corrected chi connectivity index (χ0v) is 12.2. The zero-order chi connectivity index (χ0) is 15.5. The van der Waals surface area contributed by atoms with Gasteiger partial charge in [0.15, 0.2) is 0 Å². The maximum Gasteiger partial charge on any atom is 0.328 e. The minimum atomic E-state index is -1.18. The Labute approximate surface area is 130 Å². The predicted octanol–water partition coefficient (Wildman–Crippen LogP) is 2.66. The molecule has 7 heteroatoms. The highest BCUT2D eigenvalue weighted by atomic mass is 32.1. The summed E-state index contributed by atoms with van der Waals surface area (Å²) in [7, 11) is 0.